The van der Waals surface area contributed by atoms with Crippen molar-refractivity contribution >= 4 is 27.6 Å². The molecule has 0 radical (unpaired) electrons. The molecule has 0 spiro atoms. The summed E-state index contributed by atoms with van der Waals surface area (Å²) in [6, 6.07) is 8.17. The van der Waals surface area contributed by atoms with Crippen molar-refractivity contribution in [2.24, 2.45) is 7.05 Å². The summed E-state index contributed by atoms with van der Waals surface area (Å²) >= 11 is 0. The van der Waals surface area contributed by atoms with Crippen LogP contribution in [-0.2, 0) is 13.5 Å². The highest BCUT2D eigenvalue weighted by atomic mass is 15.3. The number of fused-ring (bicyclic) bond motifs is 4. The minimum Gasteiger partial charge on any atom is -0.331 e. The van der Waals surface area contributed by atoms with Crippen molar-refractivity contribution in [1.82, 2.24) is 34.1 Å². The lowest BCUT2D eigenvalue weighted by molar-refractivity contribution is 0.649. The monoisotopic (exact) mass is 371 g/mol. The minimum absolute atomic E-state index is 0.138. The SMILES string of the molecule is Cc1ncc(C)n2nc([C@H](C)Cc3nc4c5cccnc5ccc4n3C)nc12. The lowest BCUT2D eigenvalue weighted by Gasteiger charge is -2.07. The molecule has 5 rings (SSSR count). The van der Waals surface area contributed by atoms with Crippen molar-refractivity contribution in [3.63, 3.8) is 0 Å². The zero-order valence-electron chi connectivity index (χ0n) is 16.4. The molecule has 7 nitrogen and oxygen atoms in total. The first-order valence-electron chi connectivity index (χ1n) is 9.41. The molecule has 4 aromatic heterocycles. The highest BCUT2D eigenvalue weighted by Crippen LogP contribution is 2.26. The van der Waals surface area contributed by atoms with Crippen molar-refractivity contribution in [1.29, 1.82) is 0 Å². The second-order valence-electron chi connectivity index (χ2n) is 7.39. The zero-order chi connectivity index (χ0) is 19.4. The molecule has 1 atom stereocenters. The first kappa shape index (κ1) is 16.8. The van der Waals surface area contributed by atoms with Crippen LogP contribution >= 0.6 is 0 Å². The zero-order valence-corrected chi connectivity index (χ0v) is 16.4. The summed E-state index contributed by atoms with van der Waals surface area (Å²) in [5.74, 6) is 1.97. The number of benzene rings is 1. The van der Waals surface area contributed by atoms with E-state index < -0.39 is 0 Å². The van der Waals surface area contributed by atoms with Gasteiger partial charge in [0.25, 0.3) is 0 Å². The maximum absolute atomic E-state index is 4.94. The number of hydrogen-bond acceptors (Lipinski definition) is 5. The fraction of sp³-hybridized carbons (Fsp3) is 0.286. The third-order valence-corrected chi connectivity index (χ3v) is 5.38. The Balaban J connectivity index is 1.56. The van der Waals surface area contributed by atoms with Crippen LogP contribution in [0, 0.1) is 13.8 Å². The topological polar surface area (TPSA) is 73.8 Å². The number of pyridine rings is 1. The first-order chi connectivity index (χ1) is 13.5. The molecule has 0 unspecified atom stereocenters. The quantitative estimate of drug-likeness (QED) is 0.485. The van der Waals surface area contributed by atoms with Crippen molar-refractivity contribution in [2.75, 3.05) is 0 Å². The molecular weight excluding hydrogens is 350 g/mol. The average Bonchev–Trinajstić information content (AvgIpc) is 3.29. The summed E-state index contributed by atoms with van der Waals surface area (Å²) in [5.41, 5.74) is 5.76. The van der Waals surface area contributed by atoms with Gasteiger partial charge in [0.05, 0.1) is 27.9 Å². The Bertz CT molecular complexity index is 1310. The Hall–Kier alpha value is -3.35. The molecule has 1 aromatic carbocycles. The second kappa shape index (κ2) is 6.09. The van der Waals surface area contributed by atoms with Gasteiger partial charge in [0, 0.05) is 37.2 Å². The minimum atomic E-state index is 0.138. The van der Waals surface area contributed by atoms with Crippen LogP contribution in [0.5, 0.6) is 0 Å². The van der Waals surface area contributed by atoms with Gasteiger partial charge in [-0.2, -0.15) is 5.10 Å². The third-order valence-electron chi connectivity index (χ3n) is 5.38. The largest absolute Gasteiger partial charge is 0.331 e. The number of aryl methyl sites for hydroxylation is 3. The Morgan fingerprint density at radius 2 is 1.93 bits per heavy atom. The normalized spacial score (nSPS) is 13.0. The molecule has 0 saturated heterocycles. The predicted molar refractivity (Wildman–Crippen MR) is 108 cm³/mol. The number of hydrogen-bond donors (Lipinski definition) is 0. The summed E-state index contributed by atoms with van der Waals surface area (Å²) in [6.45, 7) is 6.10. The van der Waals surface area contributed by atoms with Crippen LogP contribution in [0.4, 0.5) is 0 Å². The van der Waals surface area contributed by atoms with Gasteiger partial charge in [-0.25, -0.2) is 14.5 Å². The Labute approximate surface area is 162 Å². The number of imidazole rings is 1. The molecule has 7 heteroatoms. The molecule has 28 heavy (non-hydrogen) atoms. The molecule has 0 aliphatic rings. The van der Waals surface area contributed by atoms with Crippen molar-refractivity contribution < 1.29 is 0 Å². The molecule has 0 saturated carbocycles. The third kappa shape index (κ3) is 2.46. The van der Waals surface area contributed by atoms with Crippen LogP contribution < -0.4 is 0 Å². The Morgan fingerprint density at radius 3 is 2.75 bits per heavy atom. The highest BCUT2D eigenvalue weighted by Gasteiger charge is 2.19. The lowest BCUT2D eigenvalue weighted by atomic mass is 10.1. The first-order valence-corrected chi connectivity index (χ1v) is 9.41. The van der Waals surface area contributed by atoms with Crippen LogP contribution in [0.1, 0.15) is 35.9 Å². The summed E-state index contributed by atoms with van der Waals surface area (Å²) in [4.78, 5) is 18.5. The van der Waals surface area contributed by atoms with Crippen molar-refractivity contribution in [3.8, 4) is 0 Å². The van der Waals surface area contributed by atoms with Crippen LogP contribution in [0.3, 0.4) is 0 Å². The molecule has 0 fully saturated rings. The smallest absolute Gasteiger partial charge is 0.177 e. The van der Waals surface area contributed by atoms with Crippen molar-refractivity contribution in [3.05, 3.63) is 59.7 Å². The number of rotatable bonds is 3. The average molecular weight is 371 g/mol. The molecule has 0 amide bonds. The molecule has 0 aliphatic heterocycles. The van der Waals surface area contributed by atoms with Gasteiger partial charge in [0.2, 0.25) is 0 Å². The summed E-state index contributed by atoms with van der Waals surface area (Å²) in [7, 11) is 2.06. The van der Waals surface area contributed by atoms with E-state index in [4.69, 9.17) is 15.1 Å². The van der Waals surface area contributed by atoms with E-state index in [1.807, 2.05) is 36.8 Å². The summed E-state index contributed by atoms with van der Waals surface area (Å²) < 4.78 is 4.04. The maximum atomic E-state index is 4.94. The molecular formula is C21H21N7. The van der Waals surface area contributed by atoms with Gasteiger partial charge >= 0.3 is 0 Å². The molecule has 140 valence electrons. The molecule has 0 bridgehead atoms. The number of nitrogens with zero attached hydrogens (tertiary/aromatic N) is 7. The lowest BCUT2D eigenvalue weighted by Crippen LogP contribution is -2.06. The maximum Gasteiger partial charge on any atom is 0.177 e. The van der Waals surface area contributed by atoms with Gasteiger partial charge in [-0.3, -0.25) is 9.97 Å². The Morgan fingerprint density at radius 1 is 1.07 bits per heavy atom. The Kier molecular flexibility index (Phi) is 3.65. The van der Waals surface area contributed by atoms with Gasteiger partial charge in [0.1, 0.15) is 5.82 Å². The van der Waals surface area contributed by atoms with Crippen molar-refractivity contribution in [2.45, 2.75) is 33.1 Å². The van der Waals surface area contributed by atoms with E-state index in [-0.39, 0.29) is 5.92 Å². The van der Waals surface area contributed by atoms with E-state index in [2.05, 4.69) is 46.7 Å². The number of aromatic nitrogens is 7. The standard InChI is InChI=1S/C21H21N7/c1-12(20-25-21-14(3)23-11-13(2)28(21)26-20)10-18-24-19-15-6-5-9-22-16(15)7-8-17(19)27(18)4/h5-9,11-12H,10H2,1-4H3/t12-/m1/s1. The van der Waals surface area contributed by atoms with Gasteiger partial charge in [-0.15, -0.1) is 0 Å². The fourth-order valence-corrected chi connectivity index (χ4v) is 3.72. The van der Waals surface area contributed by atoms with Gasteiger partial charge in [-0.05, 0) is 38.1 Å². The van der Waals surface area contributed by atoms with E-state index in [1.54, 1.807) is 0 Å². The molecule has 4 heterocycles. The molecule has 0 aliphatic carbocycles. The second-order valence-corrected chi connectivity index (χ2v) is 7.39. The molecule has 5 aromatic rings. The van der Waals surface area contributed by atoms with Crippen LogP contribution in [0.25, 0.3) is 27.6 Å². The van der Waals surface area contributed by atoms with Crippen LogP contribution in [-0.4, -0.2) is 34.1 Å². The van der Waals surface area contributed by atoms with E-state index >= 15 is 0 Å². The fourth-order valence-electron chi connectivity index (χ4n) is 3.72. The summed E-state index contributed by atoms with van der Waals surface area (Å²) in [5, 5.41) is 5.80. The van der Waals surface area contributed by atoms with Gasteiger partial charge < -0.3 is 4.57 Å². The van der Waals surface area contributed by atoms with Crippen LogP contribution in [0.15, 0.2) is 36.7 Å². The molecule has 0 N–H and O–H groups in total. The van der Waals surface area contributed by atoms with Gasteiger partial charge in [-0.1, -0.05) is 6.92 Å². The van der Waals surface area contributed by atoms with E-state index in [1.165, 1.54) is 0 Å². The highest BCUT2D eigenvalue weighted by molar-refractivity contribution is 6.02. The van der Waals surface area contributed by atoms with Gasteiger partial charge in [0.15, 0.2) is 11.5 Å². The van der Waals surface area contributed by atoms with E-state index in [9.17, 15) is 0 Å². The van der Waals surface area contributed by atoms with E-state index in [0.29, 0.717) is 0 Å². The van der Waals surface area contributed by atoms with Crippen LogP contribution in [0.2, 0.25) is 0 Å². The summed E-state index contributed by atoms with van der Waals surface area (Å²) in [6.07, 6.45) is 4.40. The van der Waals surface area contributed by atoms with E-state index in [0.717, 1.165) is 57.0 Å². The predicted octanol–water partition coefficient (Wildman–Crippen LogP) is 3.52.